The van der Waals surface area contributed by atoms with Gasteiger partial charge < -0.3 is 4.98 Å². The monoisotopic (exact) mass is 255 g/mol. The summed E-state index contributed by atoms with van der Waals surface area (Å²) < 4.78 is 14.3. The third kappa shape index (κ3) is 2.57. The Labute approximate surface area is 108 Å². The second kappa shape index (κ2) is 4.85. The topological polar surface area (TPSA) is 58.9 Å². The van der Waals surface area contributed by atoms with Gasteiger partial charge in [-0.25, -0.2) is 9.07 Å². The molecule has 1 aromatic carbocycles. The molecule has 0 aliphatic heterocycles. The van der Waals surface area contributed by atoms with Crippen molar-refractivity contribution in [1.82, 2.24) is 19.9 Å². The van der Waals surface area contributed by atoms with Gasteiger partial charge in [0.25, 0.3) is 0 Å². The molecule has 0 aliphatic rings. The molecule has 2 heterocycles. The zero-order valence-electron chi connectivity index (χ0n) is 9.86. The normalized spacial score (nSPS) is 11.2. The average molecular weight is 255 g/mol. The van der Waals surface area contributed by atoms with E-state index >= 15 is 0 Å². The van der Waals surface area contributed by atoms with Crippen molar-refractivity contribution >= 4 is 6.21 Å². The minimum atomic E-state index is -0.246. The second-order valence-corrected chi connectivity index (χ2v) is 3.92. The molecule has 19 heavy (non-hydrogen) atoms. The van der Waals surface area contributed by atoms with Crippen LogP contribution in [0.15, 0.2) is 54.2 Å². The van der Waals surface area contributed by atoms with E-state index in [2.05, 4.69) is 20.3 Å². The van der Waals surface area contributed by atoms with Gasteiger partial charge in [-0.05, 0) is 42.0 Å². The predicted molar refractivity (Wildman–Crippen MR) is 69.2 cm³/mol. The van der Waals surface area contributed by atoms with Crippen LogP contribution in [0, 0.1) is 5.82 Å². The summed E-state index contributed by atoms with van der Waals surface area (Å²) >= 11 is 0. The van der Waals surface area contributed by atoms with Crippen LogP contribution in [0.4, 0.5) is 4.39 Å². The zero-order valence-corrected chi connectivity index (χ0v) is 9.86. The van der Waals surface area contributed by atoms with Crippen molar-refractivity contribution in [2.24, 2.45) is 5.10 Å². The summed E-state index contributed by atoms with van der Waals surface area (Å²) in [7, 11) is 0. The summed E-state index contributed by atoms with van der Waals surface area (Å²) in [5.74, 6) is -0.246. The van der Waals surface area contributed by atoms with Crippen LogP contribution in [0.25, 0.3) is 11.3 Å². The van der Waals surface area contributed by atoms with Gasteiger partial charge in [-0.1, -0.05) is 0 Å². The predicted octanol–water partition coefficient (Wildman–Crippen LogP) is 2.29. The lowest BCUT2D eigenvalue weighted by atomic mass is 10.1. The van der Waals surface area contributed by atoms with E-state index in [0.717, 1.165) is 17.0 Å². The molecule has 0 radical (unpaired) electrons. The molecular weight excluding hydrogens is 245 g/mol. The van der Waals surface area contributed by atoms with E-state index in [1.807, 2.05) is 12.1 Å². The van der Waals surface area contributed by atoms with Gasteiger partial charge in [-0.3, -0.25) is 0 Å². The maximum atomic E-state index is 12.8. The molecule has 1 N–H and O–H groups in total. The molecule has 0 saturated carbocycles. The van der Waals surface area contributed by atoms with Crippen molar-refractivity contribution < 1.29 is 4.39 Å². The number of H-pyrrole nitrogens is 1. The molecule has 0 amide bonds. The minimum absolute atomic E-state index is 0.246. The van der Waals surface area contributed by atoms with Crippen LogP contribution in [0.2, 0.25) is 0 Å². The van der Waals surface area contributed by atoms with Crippen LogP contribution in [-0.2, 0) is 0 Å². The number of nitrogens with zero attached hydrogens (tertiary/aromatic N) is 4. The molecule has 94 valence electrons. The second-order valence-electron chi connectivity index (χ2n) is 3.92. The molecule has 5 nitrogen and oxygen atoms in total. The lowest BCUT2D eigenvalue weighted by Crippen LogP contribution is -1.87. The largest absolute Gasteiger partial charge is 0.354 e. The summed E-state index contributed by atoms with van der Waals surface area (Å²) in [6.45, 7) is 0. The van der Waals surface area contributed by atoms with Crippen LogP contribution >= 0.6 is 0 Å². The number of aromatic nitrogens is 4. The van der Waals surface area contributed by atoms with Gasteiger partial charge >= 0.3 is 0 Å². The minimum Gasteiger partial charge on any atom is -0.354 e. The fourth-order valence-electron chi connectivity index (χ4n) is 1.67. The van der Waals surface area contributed by atoms with Crippen LogP contribution in [0.3, 0.4) is 0 Å². The van der Waals surface area contributed by atoms with E-state index in [9.17, 15) is 4.39 Å². The lowest BCUT2D eigenvalue weighted by molar-refractivity contribution is 0.628. The Hall–Kier alpha value is -2.76. The Morgan fingerprint density at radius 3 is 2.53 bits per heavy atom. The molecule has 0 unspecified atom stereocenters. The van der Waals surface area contributed by atoms with Gasteiger partial charge in [-0.15, -0.1) is 10.2 Å². The van der Waals surface area contributed by atoms with E-state index in [1.165, 1.54) is 29.5 Å². The van der Waals surface area contributed by atoms with Gasteiger partial charge in [0.2, 0.25) is 0 Å². The smallest absolute Gasteiger partial charge is 0.141 e. The van der Waals surface area contributed by atoms with Gasteiger partial charge in [0.15, 0.2) is 0 Å². The van der Waals surface area contributed by atoms with Crippen LogP contribution in [0.5, 0.6) is 0 Å². The number of hydrogen-bond donors (Lipinski definition) is 1. The highest BCUT2D eigenvalue weighted by atomic mass is 19.1. The van der Waals surface area contributed by atoms with E-state index in [0.29, 0.717) is 0 Å². The van der Waals surface area contributed by atoms with Crippen molar-refractivity contribution in [1.29, 1.82) is 0 Å². The van der Waals surface area contributed by atoms with Gasteiger partial charge in [0, 0.05) is 5.69 Å². The number of aromatic amines is 1. The van der Waals surface area contributed by atoms with Crippen molar-refractivity contribution in [3.63, 3.8) is 0 Å². The molecule has 6 heteroatoms. The highest BCUT2D eigenvalue weighted by molar-refractivity contribution is 5.79. The first-order valence-corrected chi connectivity index (χ1v) is 5.65. The zero-order chi connectivity index (χ0) is 13.1. The average Bonchev–Trinajstić information content (AvgIpc) is 3.09. The van der Waals surface area contributed by atoms with Gasteiger partial charge in [0.05, 0.1) is 11.9 Å². The molecule has 2 aromatic heterocycles. The van der Waals surface area contributed by atoms with E-state index in [4.69, 9.17) is 0 Å². The Morgan fingerprint density at radius 1 is 1.05 bits per heavy atom. The summed E-state index contributed by atoms with van der Waals surface area (Å²) in [5.41, 5.74) is 2.67. The molecule has 3 rings (SSSR count). The Morgan fingerprint density at radius 2 is 1.79 bits per heavy atom. The lowest BCUT2D eigenvalue weighted by Gasteiger charge is -1.97. The summed E-state index contributed by atoms with van der Waals surface area (Å²) in [6, 6.07) is 10.1. The number of rotatable bonds is 3. The van der Waals surface area contributed by atoms with Gasteiger partial charge in [0.1, 0.15) is 18.5 Å². The standard InChI is InChI=1S/C13H10FN5/c14-11-3-1-10(2-4-11)13-6-5-12(18-13)7-17-19-8-15-16-9-19/h1-9,18H/b17-7+. The first kappa shape index (κ1) is 11.3. The first-order valence-electron chi connectivity index (χ1n) is 5.65. The summed E-state index contributed by atoms with van der Waals surface area (Å²) in [5, 5.41) is 11.4. The van der Waals surface area contributed by atoms with Crippen LogP contribution < -0.4 is 0 Å². The number of halogens is 1. The van der Waals surface area contributed by atoms with Crippen molar-refractivity contribution in [2.45, 2.75) is 0 Å². The van der Waals surface area contributed by atoms with Crippen molar-refractivity contribution in [3.05, 3.63) is 60.6 Å². The molecule has 0 aliphatic carbocycles. The molecule has 0 fully saturated rings. The highest BCUT2D eigenvalue weighted by Crippen LogP contribution is 2.18. The third-order valence-electron chi connectivity index (χ3n) is 2.60. The molecular formula is C13H10FN5. The quantitative estimate of drug-likeness (QED) is 0.730. The fourth-order valence-corrected chi connectivity index (χ4v) is 1.67. The highest BCUT2D eigenvalue weighted by Gasteiger charge is 2.00. The number of benzene rings is 1. The van der Waals surface area contributed by atoms with Crippen molar-refractivity contribution in [3.8, 4) is 11.3 Å². The van der Waals surface area contributed by atoms with Crippen molar-refractivity contribution in [2.75, 3.05) is 0 Å². The fraction of sp³-hybridized carbons (Fsp3) is 0. The van der Waals surface area contributed by atoms with Gasteiger partial charge in [-0.2, -0.15) is 5.10 Å². The maximum Gasteiger partial charge on any atom is 0.141 e. The summed E-state index contributed by atoms with van der Waals surface area (Å²) in [4.78, 5) is 3.19. The Balaban J connectivity index is 1.81. The maximum absolute atomic E-state index is 12.8. The van der Waals surface area contributed by atoms with E-state index in [1.54, 1.807) is 18.3 Å². The Bertz CT molecular complexity index is 682. The van der Waals surface area contributed by atoms with Crippen LogP contribution in [0.1, 0.15) is 5.69 Å². The third-order valence-corrected chi connectivity index (χ3v) is 2.60. The molecule has 0 spiro atoms. The number of hydrogen-bond acceptors (Lipinski definition) is 3. The molecule has 0 bridgehead atoms. The molecule has 0 atom stereocenters. The number of nitrogens with one attached hydrogen (secondary N) is 1. The van der Waals surface area contributed by atoms with Crippen LogP contribution in [-0.4, -0.2) is 26.1 Å². The SMILES string of the molecule is Fc1ccc(-c2ccc(/C=N/n3cnnc3)[nH]2)cc1. The molecule has 0 saturated heterocycles. The summed E-state index contributed by atoms with van der Waals surface area (Å²) in [6.07, 6.45) is 4.66. The van der Waals surface area contributed by atoms with E-state index in [-0.39, 0.29) is 5.82 Å². The molecule has 3 aromatic rings. The first-order chi connectivity index (χ1) is 9.31. The Kier molecular flexibility index (Phi) is 2.89. The van der Waals surface area contributed by atoms with E-state index < -0.39 is 0 Å².